The monoisotopic (exact) mass is 334 g/mol. The van der Waals surface area contributed by atoms with Crippen LogP contribution in [0.4, 0.5) is 0 Å². The number of carbonyl (C=O) groups is 1. The van der Waals surface area contributed by atoms with E-state index in [-0.39, 0.29) is 5.91 Å². The van der Waals surface area contributed by atoms with Crippen LogP contribution in [0, 0.1) is 0 Å². The first-order valence-corrected chi connectivity index (χ1v) is 8.47. The van der Waals surface area contributed by atoms with E-state index in [1.54, 1.807) is 0 Å². The molecule has 0 aliphatic carbocycles. The van der Waals surface area contributed by atoms with Gasteiger partial charge in [0.1, 0.15) is 0 Å². The van der Waals surface area contributed by atoms with E-state index < -0.39 is 0 Å². The largest absolute Gasteiger partial charge is 0.378 e. The zero-order chi connectivity index (χ0) is 17.2. The molecule has 0 aliphatic heterocycles. The van der Waals surface area contributed by atoms with Gasteiger partial charge in [0.25, 0.3) is 0 Å². The Kier molecular flexibility index (Phi) is 17.1. The molecule has 0 heterocycles. The first-order chi connectivity index (χ1) is 11.2. The summed E-state index contributed by atoms with van der Waals surface area (Å²) in [7, 11) is 0. The quantitative estimate of drug-likeness (QED) is 0.379. The normalized spacial score (nSPS) is 11.1. The fourth-order valence-corrected chi connectivity index (χ4v) is 1.57. The molecule has 0 bridgehead atoms. The molecule has 0 aliphatic rings. The van der Waals surface area contributed by atoms with E-state index in [4.69, 9.17) is 18.9 Å². The summed E-state index contributed by atoms with van der Waals surface area (Å²) >= 11 is 0. The number of nitrogens with one attached hydrogen (secondary N) is 2. The van der Waals surface area contributed by atoms with Crippen LogP contribution in [0.5, 0.6) is 0 Å². The van der Waals surface area contributed by atoms with Crippen molar-refractivity contribution in [3.05, 3.63) is 0 Å². The Labute approximate surface area is 140 Å². The highest BCUT2D eigenvalue weighted by molar-refractivity contribution is 5.75. The standard InChI is InChI=1S/C16H34N2O5/c1-4-16(19)18-6-8-21-10-12-23-14-13-22-11-9-20-7-5-17-15(2)3/h15,17H,4-14H2,1-3H3,(H,18,19). The van der Waals surface area contributed by atoms with Gasteiger partial charge in [-0.2, -0.15) is 0 Å². The molecule has 0 saturated heterocycles. The molecule has 0 fully saturated rings. The fourth-order valence-electron chi connectivity index (χ4n) is 1.57. The van der Waals surface area contributed by atoms with Crippen LogP contribution in [0.25, 0.3) is 0 Å². The second-order valence-electron chi connectivity index (χ2n) is 5.26. The zero-order valence-corrected chi connectivity index (χ0v) is 14.9. The van der Waals surface area contributed by atoms with Crippen LogP contribution in [0.2, 0.25) is 0 Å². The maximum absolute atomic E-state index is 11.0. The minimum Gasteiger partial charge on any atom is -0.378 e. The molecule has 2 N–H and O–H groups in total. The van der Waals surface area contributed by atoms with E-state index >= 15 is 0 Å². The number of hydrogen-bond acceptors (Lipinski definition) is 6. The molecule has 0 unspecified atom stereocenters. The van der Waals surface area contributed by atoms with Crippen molar-refractivity contribution in [2.24, 2.45) is 0 Å². The van der Waals surface area contributed by atoms with Crippen molar-refractivity contribution < 1.29 is 23.7 Å². The molecule has 7 heteroatoms. The lowest BCUT2D eigenvalue weighted by Crippen LogP contribution is -2.27. The maximum Gasteiger partial charge on any atom is 0.219 e. The molecule has 0 spiro atoms. The van der Waals surface area contributed by atoms with E-state index in [1.165, 1.54) is 0 Å². The van der Waals surface area contributed by atoms with Crippen molar-refractivity contribution in [2.45, 2.75) is 33.2 Å². The molecule has 0 rings (SSSR count). The van der Waals surface area contributed by atoms with Crippen LogP contribution in [0.15, 0.2) is 0 Å². The number of rotatable bonds is 17. The molecule has 0 aromatic carbocycles. The highest BCUT2D eigenvalue weighted by Crippen LogP contribution is 1.83. The Morgan fingerprint density at radius 1 is 0.783 bits per heavy atom. The SMILES string of the molecule is CCC(=O)NCCOCCOCCOCCOCCNC(C)C. The predicted octanol–water partition coefficient (Wildman–Crippen LogP) is 0.577. The summed E-state index contributed by atoms with van der Waals surface area (Å²) in [6, 6.07) is 0.492. The molecule has 0 saturated carbocycles. The summed E-state index contributed by atoms with van der Waals surface area (Å²) in [4.78, 5) is 11.0. The van der Waals surface area contributed by atoms with E-state index in [2.05, 4.69) is 24.5 Å². The molecule has 23 heavy (non-hydrogen) atoms. The van der Waals surface area contributed by atoms with Crippen molar-refractivity contribution in [1.82, 2.24) is 10.6 Å². The van der Waals surface area contributed by atoms with Gasteiger partial charge >= 0.3 is 0 Å². The van der Waals surface area contributed by atoms with E-state index in [0.29, 0.717) is 71.9 Å². The second kappa shape index (κ2) is 17.6. The number of amides is 1. The molecular formula is C16H34N2O5. The molecule has 138 valence electrons. The average molecular weight is 334 g/mol. The first-order valence-electron chi connectivity index (χ1n) is 8.47. The lowest BCUT2D eigenvalue weighted by molar-refractivity contribution is -0.121. The lowest BCUT2D eigenvalue weighted by atomic mass is 10.4. The van der Waals surface area contributed by atoms with Crippen LogP contribution in [0.1, 0.15) is 27.2 Å². The van der Waals surface area contributed by atoms with Gasteiger partial charge < -0.3 is 29.6 Å². The van der Waals surface area contributed by atoms with Gasteiger partial charge in [-0.3, -0.25) is 4.79 Å². The van der Waals surface area contributed by atoms with Crippen LogP contribution in [-0.4, -0.2) is 77.9 Å². The number of carbonyl (C=O) groups excluding carboxylic acids is 1. The molecule has 0 aromatic heterocycles. The van der Waals surface area contributed by atoms with E-state index in [1.807, 2.05) is 6.92 Å². The molecule has 0 aromatic rings. The lowest BCUT2D eigenvalue weighted by Gasteiger charge is -2.09. The third-order valence-corrected chi connectivity index (χ3v) is 2.80. The molecule has 0 atom stereocenters. The number of hydrogen-bond donors (Lipinski definition) is 2. The third-order valence-electron chi connectivity index (χ3n) is 2.80. The van der Waals surface area contributed by atoms with Gasteiger partial charge in [0.05, 0.1) is 52.9 Å². The van der Waals surface area contributed by atoms with E-state index in [0.717, 1.165) is 6.54 Å². The summed E-state index contributed by atoms with van der Waals surface area (Å²) in [5.41, 5.74) is 0. The van der Waals surface area contributed by atoms with Crippen LogP contribution in [0.3, 0.4) is 0 Å². The molecular weight excluding hydrogens is 300 g/mol. The Bertz CT molecular complexity index is 265. The van der Waals surface area contributed by atoms with Crippen molar-refractivity contribution in [1.29, 1.82) is 0 Å². The Balaban J connectivity index is 3.01. The molecule has 7 nitrogen and oxygen atoms in total. The van der Waals surface area contributed by atoms with Crippen molar-refractivity contribution in [3.8, 4) is 0 Å². The topological polar surface area (TPSA) is 78.1 Å². The van der Waals surface area contributed by atoms with Crippen LogP contribution >= 0.6 is 0 Å². The Morgan fingerprint density at radius 2 is 1.22 bits per heavy atom. The molecule has 1 amide bonds. The van der Waals surface area contributed by atoms with Gasteiger partial charge in [0.2, 0.25) is 5.91 Å². The fraction of sp³-hybridized carbons (Fsp3) is 0.938. The molecule has 0 radical (unpaired) electrons. The summed E-state index contributed by atoms with van der Waals surface area (Å²) in [6.45, 7) is 12.0. The summed E-state index contributed by atoms with van der Waals surface area (Å²) in [6.07, 6.45) is 0.503. The minimum absolute atomic E-state index is 0.0437. The zero-order valence-electron chi connectivity index (χ0n) is 14.9. The van der Waals surface area contributed by atoms with Gasteiger partial charge in [0, 0.05) is 25.6 Å². The van der Waals surface area contributed by atoms with Crippen LogP contribution < -0.4 is 10.6 Å². The average Bonchev–Trinajstić information content (AvgIpc) is 2.53. The predicted molar refractivity (Wildman–Crippen MR) is 89.7 cm³/mol. The minimum atomic E-state index is 0.0437. The summed E-state index contributed by atoms with van der Waals surface area (Å²) in [5.74, 6) is 0.0437. The van der Waals surface area contributed by atoms with Gasteiger partial charge in [-0.1, -0.05) is 20.8 Å². The van der Waals surface area contributed by atoms with Crippen molar-refractivity contribution in [3.63, 3.8) is 0 Å². The van der Waals surface area contributed by atoms with Gasteiger partial charge in [0.15, 0.2) is 0 Å². The Morgan fingerprint density at radius 3 is 1.65 bits per heavy atom. The maximum atomic E-state index is 11.0. The van der Waals surface area contributed by atoms with Crippen molar-refractivity contribution >= 4 is 5.91 Å². The van der Waals surface area contributed by atoms with Gasteiger partial charge in [-0.25, -0.2) is 0 Å². The first kappa shape index (κ1) is 22.3. The highest BCUT2D eigenvalue weighted by atomic mass is 16.6. The van der Waals surface area contributed by atoms with E-state index in [9.17, 15) is 4.79 Å². The summed E-state index contributed by atoms with van der Waals surface area (Å²) in [5, 5.41) is 6.02. The second-order valence-corrected chi connectivity index (χ2v) is 5.26. The third kappa shape index (κ3) is 19.2. The van der Waals surface area contributed by atoms with Gasteiger partial charge in [-0.05, 0) is 0 Å². The van der Waals surface area contributed by atoms with Crippen molar-refractivity contribution in [2.75, 3.05) is 65.9 Å². The highest BCUT2D eigenvalue weighted by Gasteiger charge is 1.96. The van der Waals surface area contributed by atoms with Crippen LogP contribution in [-0.2, 0) is 23.7 Å². The smallest absolute Gasteiger partial charge is 0.219 e. The van der Waals surface area contributed by atoms with Gasteiger partial charge in [-0.15, -0.1) is 0 Å². The number of ether oxygens (including phenoxy) is 4. The summed E-state index contributed by atoms with van der Waals surface area (Å²) < 4.78 is 21.5. The Hall–Kier alpha value is -0.730.